The van der Waals surface area contributed by atoms with E-state index in [-0.39, 0.29) is 11.7 Å². The molecule has 0 aromatic carbocycles. The van der Waals surface area contributed by atoms with E-state index in [1.54, 1.807) is 0 Å². The molecule has 0 aromatic rings. The summed E-state index contributed by atoms with van der Waals surface area (Å²) in [7, 11) is -3.51. The first kappa shape index (κ1) is 12.6. The van der Waals surface area contributed by atoms with Crippen molar-refractivity contribution in [1.29, 1.82) is 0 Å². The van der Waals surface area contributed by atoms with Crippen molar-refractivity contribution < 1.29 is 13.2 Å². The molecule has 6 heteroatoms. The number of amides is 1. The Labute approximate surface area is 101 Å². The van der Waals surface area contributed by atoms with Crippen molar-refractivity contribution in [2.45, 2.75) is 37.6 Å². The lowest BCUT2D eigenvalue weighted by Gasteiger charge is -2.12. The first-order chi connectivity index (χ1) is 7.94. The molecule has 0 spiro atoms. The third kappa shape index (κ3) is 2.87. The van der Waals surface area contributed by atoms with Gasteiger partial charge in [-0.05, 0) is 25.7 Å². The van der Waals surface area contributed by atoms with Crippen LogP contribution in [0.2, 0.25) is 0 Å². The van der Waals surface area contributed by atoms with Gasteiger partial charge in [-0.3, -0.25) is 9.52 Å². The van der Waals surface area contributed by atoms with Crippen LogP contribution in [-0.4, -0.2) is 25.6 Å². The first-order valence-electron chi connectivity index (χ1n) is 5.94. The van der Waals surface area contributed by atoms with E-state index in [4.69, 9.17) is 5.73 Å². The van der Waals surface area contributed by atoms with Crippen LogP contribution < -0.4 is 10.5 Å². The number of allylic oxidation sites excluding steroid dienone is 1. The fourth-order valence-corrected chi connectivity index (χ4v) is 3.24. The number of sulfonamides is 1. The molecule has 1 aliphatic carbocycles. The molecule has 1 aliphatic heterocycles. The zero-order chi connectivity index (χ0) is 12.5. The average Bonchev–Trinajstić information content (AvgIpc) is 2.88. The summed E-state index contributed by atoms with van der Waals surface area (Å²) < 4.78 is 25.3. The predicted octanol–water partition coefficient (Wildman–Crippen LogP) is 0.280. The normalized spacial score (nSPS) is 37.2. The molecule has 0 saturated heterocycles. The summed E-state index contributed by atoms with van der Waals surface area (Å²) in [5.41, 5.74) is 4.86. The lowest BCUT2D eigenvalue weighted by atomic mass is 10.1. The Kier molecular flexibility index (Phi) is 3.27. The minimum atomic E-state index is -3.51. The Balaban J connectivity index is 2.13. The molecule has 2 aliphatic rings. The summed E-state index contributed by atoms with van der Waals surface area (Å²) in [6, 6.07) is 0. The van der Waals surface area contributed by atoms with Crippen LogP contribution in [0.5, 0.6) is 0 Å². The number of nitrogens with two attached hydrogens (primary N) is 1. The summed E-state index contributed by atoms with van der Waals surface area (Å²) in [5, 5.41) is 0. The molecule has 5 nitrogen and oxygen atoms in total. The Morgan fingerprint density at radius 3 is 2.88 bits per heavy atom. The van der Waals surface area contributed by atoms with Crippen molar-refractivity contribution in [3.63, 3.8) is 0 Å². The minimum Gasteiger partial charge on any atom is -0.317 e. The zero-order valence-electron chi connectivity index (χ0n) is 9.69. The maximum absolute atomic E-state index is 11.8. The molecule has 1 heterocycles. The second-order valence-electron chi connectivity index (χ2n) is 4.88. The van der Waals surface area contributed by atoms with Crippen LogP contribution in [0.25, 0.3) is 0 Å². The molecule has 2 unspecified atom stereocenters. The van der Waals surface area contributed by atoms with Gasteiger partial charge in [-0.25, -0.2) is 8.42 Å². The first-order valence-corrected chi connectivity index (χ1v) is 7.60. The minimum absolute atomic E-state index is 0.00318. The molecule has 2 atom stereocenters. The molecule has 96 valence electrons. The summed E-state index contributed by atoms with van der Waals surface area (Å²) in [4.78, 5) is 11.8. The maximum Gasteiger partial charge on any atom is 0.254 e. The van der Waals surface area contributed by atoms with Crippen molar-refractivity contribution in [2.24, 2.45) is 11.7 Å². The molecule has 1 saturated carbocycles. The van der Waals surface area contributed by atoms with E-state index in [9.17, 15) is 13.2 Å². The Morgan fingerprint density at radius 1 is 1.35 bits per heavy atom. The second-order valence-corrected chi connectivity index (χ2v) is 6.72. The van der Waals surface area contributed by atoms with Gasteiger partial charge in [0.15, 0.2) is 0 Å². The molecule has 3 N–H and O–H groups in total. The number of nitrogens with one attached hydrogen (secondary N) is 1. The highest BCUT2D eigenvalue weighted by Crippen LogP contribution is 2.42. The van der Waals surface area contributed by atoms with Crippen molar-refractivity contribution in [1.82, 2.24) is 4.72 Å². The van der Waals surface area contributed by atoms with Gasteiger partial charge >= 0.3 is 0 Å². The zero-order valence-corrected chi connectivity index (χ0v) is 10.5. The topological polar surface area (TPSA) is 89.3 Å². The second kappa shape index (κ2) is 4.42. The van der Waals surface area contributed by atoms with Gasteiger partial charge in [-0.15, -0.1) is 0 Å². The molecule has 0 aromatic heterocycles. The van der Waals surface area contributed by atoms with Crippen molar-refractivity contribution in [3.8, 4) is 0 Å². The Morgan fingerprint density at radius 2 is 2.12 bits per heavy atom. The number of carbonyl (C=O) groups excluding carboxylic acids is 1. The lowest BCUT2D eigenvalue weighted by Crippen LogP contribution is -2.47. The molecular weight excluding hydrogens is 240 g/mol. The van der Waals surface area contributed by atoms with Crippen LogP contribution in [0.15, 0.2) is 12.2 Å². The van der Waals surface area contributed by atoms with Crippen molar-refractivity contribution >= 4 is 15.9 Å². The highest BCUT2D eigenvalue weighted by molar-refractivity contribution is 7.90. The maximum atomic E-state index is 11.8. The van der Waals surface area contributed by atoms with Gasteiger partial charge in [0.05, 0.1) is 5.75 Å². The van der Waals surface area contributed by atoms with E-state index in [0.717, 1.165) is 19.3 Å². The summed E-state index contributed by atoms with van der Waals surface area (Å²) in [6.07, 6.45) is 7.86. The van der Waals surface area contributed by atoms with E-state index >= 15 is 0 Å². The standard InChI is InChI=1S/C11H18N2O3S/c12-11-8-9(11)6-4-2-1-3-5-7-17(15,16)13-10(11)14/h4,6,9H,1-3,5,7-8,12H2,(H,13,14). The van der Waals surface area contributed by atoms with Crippen LogP contribution in [-0.2, 0) is 14.8 Å². The third-order valence-electron chi connectivity index (χ3n) is 3.38. The third-order valence-corrected chi connectivity index (χ3v) is 4.70. The van der Waals surface area contributed by atoms with Gasteiger partial charge in [0.25, 0.3) is 5.91 Å². The van der Waals surface area contributed by atoms with Gasteiger partial charge in [0.1, 0.15) is 5.54 Å². The largest absolute Gasteiger partial charge is 0.317 e. The molecule has 1 fully saturated rings. The van der Waals surface area contributed by atoms with Gasteiger partial charge in [0, 0.05) is 5.92 Å². The quantitative estimate of drug-likeness (QED) is 0.611. The van der Waals surface area contributed by atoms with E-state index in [1.165, 1.54) is 0 Å². The molecule has 0 radical (unpaired) electrons. The summed E-state index contributed by atoms with van der Waals surface area (Å²) in [6.45, 7) is 0. The SMILES string of the molecule is NC12CC1C=CCCCCCS(=O)(=O)NC2=O. The van der Waals surface area contributed by atoms with Crippen LogP contribution in [0.3, 0.4) is 0 Å². The number of hydrogen-bond donors (Lipinski definition) is 2. The number of rotatable bonds is 0. The average molecular weight is 258 g/mol. The summed E-state index contributed by atoms with van der Waals surface area (Å²) >= 11 is 0. The van der Waals surface area contributed by atoms with Crippen LogP contribution in [0.4, 0.5) is 0 Å². The van der Waals surface area contributed by atoms with Crippen molar-refractivity contribution in [2.75, 3.05) is 5.75 Å². The van der Waals surface area contributed by atoms with Crippen molar-refractivity contribution in [3.05, 3.63) is 12.2 Å². The van der Waals surface area contributed by atoms with Gasteiger partial charge in [0.2, 0.25) is 10.0 Å². The molecule has 0 bridgehead atoms. The smallest absolute Gasteiger partial charge is 0.254 e. The monoisotopic (exact) mass is 258 g/mol. The van der Waals surface area contributed by atoms with E-state index in [2.05, 4.69) is 4.72 Å². The number of carbonyl (C=O) groups is 1. The number of hydrogen-bond acceptors (Lipinski definition) is 4. The van der Waals surface area contributed by atoms with E-state index < -0.39 is 21.5 Å². The number of fused-ring (bicyclic) bond motifs is 1. The molecular formula is C11H18N2O3S. The fourth-order valence-electron chi connectivity index (χ4n) is 2.08. The van der Waals surface area contributed by atoms with Crippen LogP contribution in [0.1, 0.15) is 32.1 Å². The van der Waals surface area contributed by atoms with Crippen LogP contribution >= 0.6 is 0 Å². The van der Waals surface area contributed by atoms with E-state index in [0.29, 0.717) is 12.8 Å². The highest BCUT2D eigenvalue weighted by atomic mass is 32.2. The van der Waals surface area contributed by atoms with Crippen LogP contribution in [0, 0.1) is 5.92 Å². The lowest BCUT2D eigenvalue weighted by molar-refractivity contribution is -0.121. The van der Waals surface area contributed by atoms with Gasteiger partial charge < -0.3 is 5.73 Å². The van der Waals surface area contributed by atoms with Gasteiger partial charge in [-0.2, -0.15) is 0 Å². The molecule has 17 heavy (non-hydrogen) atoms. The Hall–Kier alpha value is -0.880. The van der Waals surface area contributed by atoms with E-state index in [1.807, 2.05) is 12.2 Å². The predicted molar refractivity (Wildman–Crippen MR) is 64.6 cm³/mol. The van der Waals surface area contributed by atoms with Gasteiger partial charge in [-0.1, -0.05) is 18.6 Å². The molecule has 2 rings (SSSR count). The summed E-state index contributed by atoms with van der Waals surface area (Å²) in [5.74, 6) is -0.576. The highest BCUT2D eigenvalue weighted by Gasteiger charge is 2.56. The fraction of sp³-hybridized carbons (Fsp3) is 0.727. The molecule has 1 amide bonds. The Bertz CT molecular complexity index is 444.